The Kier molecular flexibility index (Phi) is 5.69. The van der Waals surface area contributed by atoms with Gasteiger partial charge in [-0.25, -0.2) is 13.2 Å². The van der Waals surface area contributed by atoms with Crippen LogP contribution in [0.2, 0.25) is 0 Å². The molecule has 1 heterocycles. The number of benzene rings is 2. The highest BCUT2D eigenvalue weighted by molar-refractivity contribution is 7.90. The third-order valence-corrected chi connectivity index (χ3v) is 5.74. The third kappa shape index (κ3) is 4.62. The molecule has 1 atom stereocenters. The van der Waals surface area contributed by atoms with Crippen LogP contribution in [0.4, 0.5) is 5.69 Å². The molecule has 0 radical (unpaired) electrons. The second kappa shape index (κ2) is 8.04. The predicted octanol–water partition coefficient (Wildman–Crippen LogP) is 1.91. The summed E-state index contributed by atoms with van der Waals surface area (Å²) in [5.41, 5.74) is 2.92. The molecule has 152 valence electrons. The first-order chi connectivity index (χ1) is 13.7. The number of amidine groups is 1. The van der Waals surface area contributed by atoms with Crippen molar-refractivity contribution in [2.45, 2.75) is 31.7 Å². The van der Waals surface area contributed by atoms with Crippen molar-refractivity contribution in [1.82, 2.24) is 4.72 Å². The molecule has 3 rings (SSSR count). The van der Waals surface area contributed by atoms with Crippen molar-refractivity contribution in [1.29, 1.82) is 0 Å². The van der Waals surface area contributed by atoms with E-state index in [-0.39, 0.29) is 10.7 Å². The van der Waals surface area contributed by atoms with E-state index < -0.39 is 34.5 Å². The Morgan fingerprint density at radius 1 is 1.17 bits per heavy atom. The van der Waals surface area contributed by atoms with Gasteiger partial charge in [0.05, 0.1) is 4.90 Å². The van der Waals surface area contributed by atoms with Crippen LogP contribution in [0.15, 0.2) is 52.4 Å². The van der Waals surface area contributed by atoms with Gasteiger partial charge < -0.3 is 10.1 Å². The summed E-state index contributed by atoms with van der Waals surface area (Å²) in [6, 6.07) is 11.0. The van der Waals surface area contributed by atoms with Gasteiger partial charge in [0.25, 0.3) is 15.9 Å². The summed E-state index contributed by atoms with van der Waals surface area (Å²) in [5.74, 6) is -1.14. The Morgan fingerprint density at radius 2 is 1.90 bits per heavy atom. The van der Waals surface area contributed by atoms with Crippen LogP contribution < -0.4 is 10.0 Å². The predicted molar refractivity (Wildman–Crippen MR) is 108 cm³/mol. The first-order valence-corrected chi connectivity index (χ1v) is 10.4. The van der Waals surface area contributed by atoms with Gasteiger partial charge >= 0.3 is 5.97 Å². The van der Waals surface area contributed by atoms with E-state index in [9.17, 15) is 18.0 Å². The Morgan fingerprint density at radius 3 is 2.66 bits per heavy atom. The number of anilines is 1. The number of fused-ring (bicyclic) bond motifs is 1. The Hall–Kier alpha value is -3.20. The molecule has 0 saturated heterocycles. The molecule has 1 aliphatic heterocycles. The number of hydrogen-bond acceptors (Lipinski definition) is 6. The Labute approximate surface area is 169 Å². The normalized spacial score (nSPS) is 16.6. The van der Waals surface area contributed by atoms with Gasteiger partial charge in [-0.05, 0) is 50.1 Å². The lowest BCUT2D eigenvalue weighted by Gasteiger charge is -2.11. The minimum atomic E-state index is -3.69. The van der Waals surface area contributed by atoms with Crippen LogP contribution in [-0.2, 0) is 24.3 Å². The van der Waals surface area contributed by atoms with Crippen molar-refractivity contribution < 1.29 is 22.7 Å². The van der Waals surface area contributed by atoms with E-state index in [1.807, 2.05) is 32.0 Å². The maximum Gasteiger partial charge on any atom is 0.331 e. The van der Waals surface area contributed by atoms with E-state index in [0.717, 1.165) is 11.1 Å². The molecule has 2 aromatic rings. The van der Waals surface area contributed by atoms with Crippen LogP contribution in [0.1, 0.15) is 23.6 Å². The molecule has 0 spiro atoms. The number of carbonyl (C=O) groups excluding carboxylic acids is 2. The fraction of sp³-hybridized carbons (Fsp3) is 0.250. The van der Waals surface area contributed by atoms with Crippen LogP contribution in [0.3, 0.4) is 0 Å². The molecule has 0 aliphatic carbocycles. The quantitative estimate of drug-likeness (QED) is 0.724. The minimum Gasteiger partial charge on any atom is -0.454 e. The second-order valence-electron chi connectivity index (χ2n) is 6.73. The molecule has 0 bridgehead atoms. The SMILES string of the molecule is Cc1ccc(C)c(NC(=O)COC(=O)[C@@H](C)N=C2NS(=O)(=O)c3ccccc32)c1. The molecular weight excluding hydrogens is 394 g/mol. The molecule has 9 heteroatoms. The van der Waals surface area contributed by atoms with E-state index in [4.69, 9.17) is 4.74 Å². The number of hydrogen-bond donors (Lipinski definition) is 2. The van der Waals surface area contributed by atoms with Crippen LogP contribution in [-0.4, -0.2) is 38.8 Å². The maximum atomic E-state index is 12.2. The van der Waals surface area contributed by atoms with E-state index in [0.29, 0.717) is 11.3 Å². The first-order valence-electron chi connectivity index (χ1n) is 8.91. The highest BCUT2D eigenvalue weighted by Gasteiger charge is 2.31. The van der Waals surface area contributed by atoms with Crippen molar-refractivity contribution in [3.8, 4) is 0 Å². The molecule has 0 aromatic heterocycles. The van der Waals surface area contributed by atoms with Gasteiger partial charge in [0.1, 0.15) is 11.9 Å². The van der Waals surface area contributed by atoms with Gasteiger partial charge in [-0.2, -0.15) is 0 Å². The molecule has 0 fully saturated rings. The topological polar surface area (TPSA) is 114 Å². The molecule has 8 nitrogen and oxygen atoms in total. The highest BCUT2D eigenvalue weighted by atomic mass is 32.2. The third-order valence-electron chi connectivity index (χ3n) is 4.34. The van der Waals surface area contributed by atoms with Gasteiger partial charge in [-0.3, -0.25) is 14.5 Å². The maximum absolute atomic E-state index is 12.2. The number of rotatable bonds is 5. The van der Waals surface area contributed by atoms with Gasteiger partial charge in [0.15, 0.2) is 6.61 Å². The van der Waals surface area contributed by atoms with E-state index in [1.165, 1.54) is 13.0 Å². The molecular formula is C20H21N3O5S. The molecule has 1 aliphatic rings. The molecule has 0 saturated carbocycles. The molecule has 0 unspecified atom stereocenters. The molecule has 2 aromatic carbocycles. The lowest BCUT2D eigenvalue weighted by molar-refractivity contribution is -0.148. The fourth-order valence-corrected chi connectivity index (χ4v) is 4.03. The summed E-state index contributed by atoms with van der Waals surface area (Å²) in [4.78, 5) is 28.5. The zero-order valence-electron chi connectivity index (χ0n) is 16.2. The highest BCUT2D eigenvalue weighted by Crippen LogP contribution is 2.22. The van der Waals surface area contributed by atoms with Crippen LogP contribution >= 0.6 is 0 Å². The van der Waals surface area contributed by atoms with Crippen molar-refractivity contribution in [2.75, 3.05) is 11.9 Å². The lowest BCUT2D eigenvalue weighted by atomic mass is 10.1. The smallest absolute Gasteiger partial charge is 0.331 e. The average molecular weight is 415 g/mol. The van der Waals surface area contributed by atoms with Gasteiger partial charge in [0, 0.05) is 11.3 Å². The Balaban J connectivity index is 1.62. The van der Waals surface area contributed by atoms with Crippen LogP contribution in [0.25, 0.3) is 0 Å². The Bertz CT molecular complexity index is 1110. The van der Waals surface area contributed by atoms with E-state index >= 15 is 0 Å². The summed E-state index contributed by atoms with van der Waals surface area (Å²) in [6.07, 6.45) is 0. The van der Waals surface area contributed by atoms with E-state index in [2.05, 4.69) is 15.0 Å². The van der Waals surface area contributed by atoms with Gasteiger partial charge in [0.2, 0.25) is 0 Å². The molecule has 2 N–H and O–H groups in total. The lowest BCUT2D eigenvalue weighted by Crippen LogP contribution is -2.29. The van der Waals surface area contributed by atoms with Crippen molar-refractivity contribution in [2.24, 2.45) is 4.99 Å². The standard InChI is InChI=1S/C20H21N3O5S/c1-12-8-9-13(2)16(10-12)22-18(24)11-28-20(25)14(3)21-19-15-6-4-5-7-17(15)29(26,27)23-19/h4-10,14H,11H2,1-3H3,(H,21,23)(H,22,24)/t14-/m1/s1. The van der Waals surface area contributed by atoms with Gasteiger partial charge in [-0.1, -0.05) is 24.3 Å². The van der Waals surface area contributed by atoms with Gasteiger partial charge in [-0.15, -0.1) is 0 Å². The molecule has 29 heavy (non-hydrogen) atoms. The fourth-order valence-electron chi connectivity index (χ4n) is 2.79. The number of amides is 1. The van der Waals surface area contributed by atoms with Crippen molar-refractivity contribution >= 4 is 33.4 Å². The number of carbonyl (C=O) groups is 2. The number of esters is 1. The minimum absolute atomic E-state index is 0.0740. The number of aliphatic imine (C=N–C) groups is 1. The largest absolute Gasteiger partial charge is 0.454 e. The van der Waals surface area contributed by atoms with Crippen LogP contribution in [0.5, 0.6) is 0 Å². The second-order valence-corrected chi connectivity index (χ2v) is 8.38. The zero-order chi connectivity index (χ0) is 21.2. The van der Waals surface area contributed by atoms with Crippen molar-refractivity contribution in [3.63, 3.8) is 0 Å². The number of nitrogens with one attached hydrogen (secondary N) is 2. The summed E-state index contributed by atoms with van der Waals surface area (Å²) in [7, 11) is -3.69. The van der Waals surface area contributed by atoms with E-state index in [1.54, 1.807) is 18.2 Å². The number of aryl methyl sites for hydroxylation is 2. The number of nitrogens with zero attached hydrogens (tertiary/aromatic N) is 1. The zero-order valence-corrected chi connectivity index (χ0v) is 17.0. The number of ether oxygens (including phenoxy) is 1. The van der Waals surface area contributed by atoms with Crippen LogP contribution in [0, 0.1) is 13.8 Å². The summed E-state index contributed by atoms with van der Waals surface area (Å²) in [5, 5.41) is 2.70. The summed E-state index contributed by atoms with van der Waals surface area (Å²) >= 11 is 0. The first kappa shape index (κ1) is 20.5. The summed E-state index contributed by atoms with van der Waals surface area (Å²) < 4.78 is 31.5. The molecule has 1 amide bonds. The summed E-state index contributed by atoms with van der Waals surface area (Å²) in [6.45, 7) is 4.77. The van der Waals surface area contributed by atoms with Crippen molar-refractivity contribution in [3.05, 3.63) is 59.2 Å². The number of sulfonamides is 1. The monoisotopic (exact) mass is 415 g/mol. The average Bonchev–Trinajstić information content (AvgIpc) is 2.93.